The molecule has 1 N–H and O–H groups in total. The molecule has 0 saturated heterocycles. The predicted molar refractivity (Wildman–Crippen MR) is 84.1 cm³/mol. The van der Waals surface area contributed by atoms with Gasteiger partial charge in [0.1, 0.15) is 18.1 Å². The number of carbonyl (C=O) groups is 2. The summed E-state index contributed by atoms with van der Waals surface area (Å²) in [7, 11) is 1.57. The Kier molecular flexibility index (Phi) is 5.35. The minimum Gasteiger partial charge on any atom is -0.496 e. The lowest BCUT2D eigenvalue weighted by Gasteiger charge is -2.17. The number of hydrogen-bond donors (Lipinski definition) is 1. The van der Waals surface area contributed by atoms with Gasteiger partial charge in [-0.1, -0.05) is 23.4 Å². The Morgan fingerprint density at radius 3 is 2.70 bits per heavy atom. The summed E-state index contributed by atoms with van der Waals surface area (Å²) in [6.07, 6.45) is 0. The number of anilines is 1. The molecule has 0 fully saturated rings. The van der Waals surface area contributed by atoms with Gasteiger partial charge in [-0.3, -0.25) is 14.5 Å². The Morgan fingerprint density at radius 1 is 1.35 bits per heavy atom. The number of methoxy groups -OCH3 is 1. The van der Waals surface area contributed by atoms with Gasteiger partial charge in [-0.05, 0) is 13.0 Å². The largest absolute Gasteiger partial charge is 0.496 e. The molecule has 0 saturated carbocycles. The number of rotatable bonds is 6. The summed E-state index contributed by atoms with van der Waals surface area (Å²) in [4.78, 5) is 25.1. The van der Waals surface area contributed by atoms with Gasteiger partial charge in [0.2, 0.25) is 11.8 Å². The fraction of sp³-hybridized carbons (Fsp3) is 0.312. The lowest BCUT2D eigenvalue weighted by atomic mass is 10.2. The zero-order chi connectivity index (χ0) is 16.8. The highest BCUT2D eigenvalue weighted by atomic mass is 16.5. The van der Waals surface area contributed by atoms with Gasteiger partial charge in [0, 0.05) is 25.1 Å². The van der Waals surface area contributed by atoms with E-state index in [2.05, 4.69) is 10.5 Å². The minimum absolute atomic E-state index is 0.129. The average Bonchev–Trinajstić information content (AvgIpc) is 2.96. The van der Waals surface area contributed by atoms with Crippen LogP contribution < -0.4 is 15.0 Å². The van der Waals surface area contributed by atoms with Crippen molar-refractivity contribution in [3.63, 3.8) is 0 Å². The van der Waals surface area contributed by atoms with Crippen LogP contribution in [0, 0.1) is 6.92 Å². The second-order valence-electron chi connectivity index (χ2n) is 4.99. The smallest absolute Gasteiger partial charge is 0.240 e. The highest BCUT2D eigenvalue weighted by Gasteiger charge is 2.19. The zero-order valence-electron chi connectivity index (χ0n) is 13.3. The van der Waals surface area contributed by atoms with Crippen molar-refractivity contribution >= 4 is 17.6 Å². The molecule has 2 aromatic rings. The molecule has 1 aromatic heterocycles. The topological polar surface area (TPSA) is 84.7 Å². The summed E-state index contributed by atoms with van der Waals surface area (Å²) < 4.78 is 10.2. The molecular formula is C16H19N3O4. The van der Waals surface area contributed by atoms with Crippen molar-refractivity contribution in [1.29, 1.82) is 0 Å². The predicted octanol–water partition coefficient (Wildman–Crippen LogP) is 1.66. The molecule has 23 heavy (non-hydrogen) atoms. The number of nitrogens with one attached hydrogen (secondary N) is 1. The zero-order valence-corrected chi connectivity index (χ0v) is 13.3. The van der Waals surface area contributed by atoms with Crippen LogP contribution in [0.5, 0.6) is 5.75 Å². The second-order valence-corrected chi connectivity index (χ2v) is 4.99. The normalized spacial score (nSPS) is 10.2. The number of hydrogen-bond acceptors (Lipinski definition) is 5. The molecule has 0 unspecified atom stereocenters. The summed E-state index contributed by atoms with van der Waals surface area (Å²) in [5, 5.41) is 6.53. The van der Waals surface area contributed by atoms with Crippen LogP contribution in [0.15, 0.2) is 34.9 Å². The van der Waals surface area contributed by atoms with Gasteiger partial charge in [0.05, 0.1) is 7.11 Å². The maximum atomic E-state index is 12.1. The fourth-order valence-corrected chi connectivity index (χ4v) is 2.08. The molecule has 0 atom stereocenters. The fourth-order valence-electron chi connectivity index (χ4n) is 2.08. The third-order valence-electron chi connectivity index (χ3n) is 3.24. The average molecular weight is 317 g/mol. The van der Waals surface area contributed by atoms with Crippen molar-refractivity contribution < 1.29 is 18.8 Å². The molecule has 0 spiro atoms. The molecule has 0 aliphatic carbocycles. The number of carbonyl (C=O) groups excluding carboxylic acids is 2. The summed E-state index contributed by atoms with van der Waals surface area (Å²) in [5.74, 6) is 1.00. The van der Waals surface area contributed by atoms with Gasteiger partial charge in [0.25, 0.3) is 0 Å². The molecule has 0 radical (unpaired) electrons. The quantitative estimate of drug-likeness (QED) is 0.876. The van der Waals surface area contributed by atoms with Gasteiger partial charge < -0.3 is 14.6 Å². The number of para-hydroxylation sites is 1. The van der Waals surface area contributed by atoms with Gasteiger partial charge in [0.15, 0.2) is 5.82 Å². The van der Waals surface area contributed by atoms with Crippen LogP contribution >= 0.6 is 0 Å². The van der Waals surface area contributed by atoms with Crippen LogP contribution in [0.3, 0.4) is 0 Å². The Labute approximate surface area is 134 Å². The Bertz CT molecular complexity index is 696. The Morgan fingerprint density at radius 2 is 2.09 bits per heavy atom. The van der Waals surface area contributed by atoms with E-state index in [1.165, 1.54) is 11.8 Å². The Hall–Kier alpha value is -2.83. The highest BCUT2D eigenvalue weighted by molar-refractivity contribution is 5.96. The number of ether oxygens (including phenoxy) is 1. The van der Waals surface area contributed by atoms with E-state index in [0.29, 0.717) is 23.9 Å². The van der Waals surface area contributed by atoms with E-state index in [1.54, 1.807) is 20.1 Å². The molecule has 7 heteroatoms. The number of aromatic nitrogens is 1. The van der Waals surface area contributed by atoms with Crippen LogP contribution in [-0.4, -0.2) is 30.6 Å². The summed E-state index contributed by atoms with van der Waals surface area (Å²) in [6.45, 7) is 3.27. The molecule has 1 heterocycles. The van der Waals surface area contributed by atoms with Crippen LogP contribution in [-0.2, 0) is 16.1 Å². The summed E-state index contributed by atoms with van der Waals surface area (Å²) in [6, 6.07) is 9.01. The van der Waals surface area contributed by atoms with Crippen LogP contribution in [0.25, 0.3) is 0 Å². The first-order chi connectivity index (χ1) is 11.0. The van der Waals surface area contributed by atoms with Crippen molar-refractivity contribution in [2.24, 2.45) is 0 Å². The lowest BCUT2D eigenvalue weighted by molar-refractivity contribution is -0.123. The monoisotopic (exact) mass is 317 g/mol. The molecule has 2 rings (SSSR count). The maximum absolute atomic E-state index is 12.1. The van der Waals surface area contributed by atoms with Crippen LogP contribution in [0.1, 0.15) is 18.2 Å². The van der Waals surface area contributed by atoms with E-state index in [9.17, 15) is 9.59 Å². The van der Waals surface area contributed by atoms with Gasteiger partial charge in [-0.2, -0.15) is 0 Å². The van der Waals surface area contributed by atoms with Crippen molar-refractivity contribution in [2.45, 2.75) is 20.4 Å². The van der Waals surface area contributed by atoms with Crippen LogP contribution in [0.4, 0.5) is 5.82 Å². The molecular weight excluding hydrogens is 298 g/mol. The minimum atomic E-state index is -0.299. The van der Waals surface area contributed by atoms with E-state index < -0.39 is 0 Å². The van der Waals surface area contributed by atoms with E-state index in [1.807, 2.05) is 24.3 Å². The first-order valence-corrected chi connectivity index (χ1v) is 7.11. The second kappa shape index (κ2) is 7.44. The molecule has 2 amide bonds. The number of nitrogens with zero attached hydrogens (tertiary/aromatic N) is 2. The van der Waals surface area contributed by atoms with E-state index in [0.717, 1.165) is 5.56 Å². The van der Waals surface area contributed by atoms with E-state index in [-0.39, 0.29) is 18.4 Å². The molecule has 7 nitrogen and oxygen atoms in total. The third-order valence-corrected chi connectivity index (χ3v) is 3.24. The number of aryl methyl sites for hydroxylation is 1. The molecule has 122 valence electrons. The first kappa shape index (κ1) is 16.5. The Balaban J connectivity index is 1.98. The molecule has 0 aliphatic rings. The standard InChI is InChI=1S/C16H19N3O4/c1-11-8-15(18-23-11)19(12(2)20)10-16(21)17-9-13-6-4-5-7-14(13)22-3/h4-8H,9-10H2,1-3H3,(H,17,21). The lowest BCUT2D eigenvalue weighted by Crippen LogP contribution is -2.39. The third kappa shape index (κ3) is 4.32. The van der Waals surface area contributed by atoms with E-state index in [4.69, 9.17) is 9.26 Å². The van der Waals surface area contributed by atoms with E-state index >= 15 is 0 Å². The number of benzene rings is 1. The van der Waals surface area contributed by atoms with Gasteiger partial charge in [-0.15, -0.1) is 0 Å². The maximum Gasteiger partial charge on any atom is 0.240 e. The van der Waals surface area contributed by atoms with Crippen molar-refractivity contribution in [2.75, 3.05) is 18.6 Å². The summed E-state index contributed by atoms with van der Waals surface area (Å²) >= 11 is 0. The number of amides is 2. The van der Waals surface area contributed by atoms with Crippen molar-refractivity contribution in [3.8, 4) is 5.75 Å². The van der Waals surface area contributed by atoms with Gasteiger partial charge in [-0.25, -0.2) is 0 Å². The molecule has 0 aliphatic heterocycles. The SMILES string of the molecule is COc1ccccc1CNC(=O)CN(C(C)=O)c1cc(C)on1. The van der Waals surface area contributed by atoms with Crippen LogP contribution in [0.2, 0.25) is 0 Å². The molecule has 0 bridgehead atoms. The van der Waals surface area contributed by atoms with Crippen molar-refractivity contribution in [1.82, 2.24) is 10.5 Å². The molecule has 1 aromatic carbocycles. The van der Waals surface area contributed by atoms with Crippen molar-refractivity contribution in [3.05, 3.63) is 41.7 Å². The first-order valence-electron chi connectivity index (χ1n) is 7.11. The highest BCUT2D eigenvalue weighted by Crippen LogP contribution is 2.17. The summed E-state index contributed by atoms with van der Waals surface area (Å²) in [5.41, 5.74) is 0.856. The van der Waals surface area contributed by atoms with Gasteiger partial charge >= 0.3 is 0 Å².